The standard InChI is InChI=1S/C14H25N3O3/c1-10(18)11-5-7-17(8-11)9-13(19)16-12-4-2-3-6-15-14(12)20/h10-12,18H,2-9H2,1H3,(H,15,20)(H,16,19)/t10-,11-,12+/m0/s1. The number of rotatable bonds is 4. The molecule has 114 valence electrons. The lowest BCUT2D eigenvalue weighted by Crippen LogP contribution is -2.48. The fraction of sp³-hybridized carbons (Fsp3) is 0.857. The highest BCUT2D eigenvalue weighted by atomic mass is 16.3. The fourth-order valence-corrected chi connectivity index (χ4v) is 2.92. The van der Waals surface area contributed by atoms with Crippen molar-refractivity contribution >= 4 is 11.8 Å². The second kappa shape index (κ2) is 7.04. The summed E-state index contributed by atoms with van der Waals surface area (Å²) in [6, 6.07) is -0.389. The number of amides is 2. The Kier molecular flexibility index (Phi) is 5.37. The second-order valence-electron chi connectivity index (χ2n) is 5.93. The van der Waals surface area contributed by atoms with Crippen molar-refractivity contribution in [1.29, 1.82) is 0 Å². The molecule has 6 nitrogen and oxygen atoms in total. The van der Waals surface area contributed by atoms with E-state index in [-0.39, 0.29) is 29.9 Å². The molecule has 2 fully saturated rings. The minimum atomic E-state index is -0.389. The van der Waals surface area contributed by atoms with Crippen LogP contribution in [0.5, 0.6) is 0 Å². The molecule has 2 rings (SSSR count). The zero-order valence-electron chi connectivity index (χ0n) is 12.1. The monoisotopic (exact) mass is 283 g/mol. The maximum absolute atomic E-state index is 12.0. The Morgan fingerprint density at radius 3 is 3.00 bits per heavy atom. The van der Waals surface area contributed by atoms with E-state index in [0.29, 0.717) is 19.5 Å². The average molecular weight is 283 g/mol. The lowest BCUT2D eigenvalue weighted by Gasteiger charge is -2.19. The van der Waals surface area contributed by atoms with Crippen LogP contribution in [0, 0.1) is 5.92 Å². The van der Waals surface area contributed by atoms with Gasteiger partial charge in [-0.05, 0) is 45.1 Å². The van der Waals surface area contributed by atoms with Crippen LogP contribution in [-0.4, -0.2) is 60.1 Å². The minimum Gasteiger partial charge on any atom is -0.393 e. The normalized spacial score (nSPS) is 29.6. The van der Waals surface area contributed by atoms with Crippen molar-refractivity contribution in [3.8, 4) is 0 Å². The summed E-state index contributed by atoms with van der Waals surface area (Å²) in [5, 5.41) is 15.2. The van der Waals surface area contributed by atoms with E-state index in [4.69, 9.17) is 0 Å². The van der Waals surface area contributed by atoms with E-state index >= 15 is 0 Å². The summed E-state index contributed by atoms with van der Waals surface area (Å²) >= 11 is 0. The van der Waals surface area contributed by atoms with Gasteiger partial charge in [0.2, 0.25) is 11.8 Å². The van der Waals surface area contributed by atoms with E-state index in [1.54, 1.807) is 6.92 Å². The van der Waals surface area contributed by atoms with E-state index in [2.05, 4.69) is 10.6 Å². The molecule has 2 aliphatic heterocycles. The van der Waals surface area contributed by atoms with Gasteiger partial charge in [-0.25, -0.2) is 0 Å². The van der Waals surface area contributed by atoms with Crippen molar-refractivity contribution in [1.82, 2.24) is 15.5 Å². The number of hydrogen-bond donors (Lipinski definition) is 3. The van der Waals surface area contributed by atoms with Gasteiger partial charge in [0.1, 0.15) is 6.04 Å². The molecular formula is C14H25N3O3. The predicted molar refractivity (Wildman–Crippen MR) is 75.0 cm³/mol. The zero-order valence-corrected chi connectivity index (χ0v) is 12.1. The van der Waals surface area contributed by atoms with Gasteiger partial charge >= 0.3 is 0 Å². The third-order valence-electron chi connectivity index (χ3n) is 4.23. The third-order valence-corrected chi connectivity index (χ3v) is 4.23. The van der Waals surface area contributed by atoms with Gasteiger partial charge < -0.3 is 15.7 Å². The number of nitrogens with one attached hydrogen (secondary N) is 2. The molecule has 2 amide bonds. The number of likely N-dealkylation sites (tertiary alicyclic amines) is 1. The summed E-state index contributed by atoms with van der Waals surface area (Å²) < 4.78 is 0. The van der Waals surface area contributed by atoms with Gasteiger partial charge in [0.05, 0.1) is 12.6 Å². The first-order valence-electron chi connectivity index (χ1n) is 7.54. The van der Waals surface area contributed by atoms with Crippen molar-refractivity contribution < 1.29 is 14.7 Å². The molecule has 2 heterocycles. The molecule has 0 aromatic heterocycles. The zero-order chi connectivity index (χ0) is 14.5. The Morgan fingerprint density at radius 1 is 1.50 bits per heavy atom. The summed E-state index contributed by atoms with van der Waals surface area (Å²) in [6.45, 7) is 4.40. The number of hydrogen-bond acceptors (Lipinski definition) is 4. The molecule has 6 heteroatoms. The van der Waals surface area contributed by atoms with Gasteiger partial charge in [0.15, 0.2) is 0 Å². The minimum absolute atomic E-state index is 0.0703. The summed E-state index contributed by atoms with van der Waals surface area (Å²) in [7, 11) is 0. The van der Waals surface area contributed by atoms with Crippen LogP contribution < -0.4 is 10.6 Å². The summed E-state index contributed by atoms with van der Waals surface area (Å²) in [6.07, 6.45) is 3.25. The van der Waals surface area contributed by atoms with Crippen LogP contribution in [0.3, 0.4) is 0 Å². The van der Waals surface area contributed by atoms with Gasteiger partial charge in [-0.1, -0.05) is 0 Å². The van der Waals surface area contributed by atoms with Crippen molar-refractivity contribution in [3.63, 3.8) is 0 Å². The quantitative estimate of drug-likeness (QED) is 0.648. The number of nitrogens with zero attached hydrogens (tertiary/aromatic N) is 1. The number of carbonyl (C=O) groups excluding carboxylic acids is 2. The molecule has 0 radical (unpaired) electrons. The molecule has 2 saturated heterocycles. The number of carbonyl (C=O) groups is 2. The average Bonchev–Trinajstić information content (AvgIpc) is 2.76. The first-order chi connectivity index (χ1) is 9.56. The summed E-state index contributed by atoms with van der Waals surface area (Å²) in [4.78, 5) is 25.8. The van der Waals surface area contributed by atoms with E-state index < -0.39 is 0 Å². The molecule has 2 aliphatic rings. The van der Waals surface area contributed by atoms with E-state index in [9.17, 15) is 14.7 Å². The molecule has 0 aromatic carbocycles. The van der Waals surface area contributed by atoms with E-state index in [1.165, 1.54) is 0 Å². The first kappa shape index (κ1) is 15.3. The topological polar surface area (TPSA) is 81.7 Å². The maximum Gasteiger partial charge on any atom is 0.242 e. The molecule has 0 aromatic rings. The van der Waals surface area contributed by atoms with E-state index in [0.717, 1.165) is 32.4 Å². The molecule has 0 saturated carbocycles. The Hall–Kier alpha value is -1.14. The highest BCUT2D eigenvalue weighted by Crippen LogP contribution is 2.19. The highest BCUT2D eigenvalue weighted by Gasteiger charge is 2.28. The second-order valence-corrected chi connectivity index (χ2v) is 5.93. The SMILES string of the molecule is C[C@H](O)[C@H]1CCN(CC(=O)N[C@@H]2CCCCNC2=O)C1. The van der Waals surface area contributed by atoms with Crippen molar-refractivity contribution in [2.45, 2.75) is 44.8 Å². The first-order valence-corrected chi connectivity index (χ1v) is 7.54. The van der Waals surface area contributed by atoms with Gasteiger partial charge in [-0.3, -0.25) is 14.5 Å². The molecule has 0 unspecified atom stereocenters. The Bertz CT molecular complexity index is 360. The molecule has 0 bridgehead atoms. The highest BCUT2D eigenvalue weighted by molar-refractivity contribution is 5.88. The smallest absolute Gasteiger partial charge is 0.242 e. The lowest BCUT2D eigenvalue weighted by molar-refractivity contribution is -0.129. The van der Waals surface area contributed by atoms with Crippen LogP contribution in [0.2, 0.25) is 0 Å². The fourth-order valence-electron chi connectivity index (χ4n) is 2.92. The van der Waals surface area contributed by atoms with Crippen LogP contribution in [0.25, 0.3) is 0 Å². The molecule has 0 spiro atoms. The van der Waals surface area contributed by atoms with Crippen LogP contribution >= 0.6 is 0 Å². The molecule has 0 aliphatic carbocycles. The van der Waals surface area contributed by atoms with E-state index in [1.807, 2.05) is 4.90 Å². The number of aliphatic hydroxyl groups is 1. The Balaban J connectivity index is 1.76. The van der Waals surface area contributed by atoms with Crippen molar-refractivity contribution in [2.24, 2.45) is 5.92 Å². The van der Waals surface area contributed by atoms with Gasteiger partial charge in [-0.2, -0.15) is 0 Å². The Morgan fingerprint density at radius 2 is 2.30 bits per heavy atom. The van der Waals surface area contributed by atoms with Crippen LogP contribution in [-0.2, 0) is 9.59 Å². The van der Waals surface area contributed by atoms with Crippen LogP contribution in [0.15, 0.2) is 0 Å². The molecule has 3 N–H and O–H groups in total. The lowest BCUT2D eigenvalue weighted by atomic mass is 10.0. The summed E-state index contributed by atoms with van der Waals surface area (Å²) in [5.74, 6) is 0.0846. The summed E-state index contributed by atoms with van der Waals surface area (Å²) in [5.41, 5.74) is 0. The predicted octanol–water partition coefficient (Wildman–Crippen LogP) is -0.526. The van der Waals surface area contributed by atoms with Gasteiger partial charge in [0.25, 0.3) is 0 Å². The third kappa shape index (κ3) is 4.18. The maximum atomic E-state index is 12.0. The molecule has 20 heavy (non-hydrogen) atoms. The van der Waals surface area contributed by atoms with Gasteiger partial charge in [0, 0.05) is 13.1 Å². The Labute approximate surface area is 119 Å². The van der Waals surface area contributed by atoms with Gasteiger partial charge in [-0.15, -0.1) is 0 Å². The number of aliphatic hydroxyl groups excluding tert-OH is 1. The van der Waals surface area contributed by atoms with Crippen molar-refractivity contribution in [2.75, 3.05) is 26.2 Å². The molecular weight excluding hydrogens is 258 g/mol. The van der Waals surface area contributed by atoms with Crippen LogP contribution in [0.1, 0.15) is 32.6 Å². The largest absolute Gasteiger partial charge is 0.393 e. The molecule has 3 atom stereocenters. The van der Waals surface area contributed by atoms with Crippen molar-refractivity contribution in [3.05, 3.63) is 0 Å². The van der Waals surface area contributed by atoms with Crippen LogP contribution in [0.4, 0.5) is 0 Å².